The average Bonchev–Trinajstić information content (AvgIpc) is 2.59. The second kappa shape index (κ2) is 3.26. The van der Waals surface area contributed by atoms with E-state index in [1.165, 1.54) is 0 Å². The predicted molar refractivity (Wildman–Crippen MR) is 45.6 cm³/mol. The first-order valence-corrected chi connectivity index (χ1v) is 4.27. The molecule has 0 radical (unpaired) electrons. The van der Waals surface area contributed by atoms with Gasteiger partial charge in [-0.25, -0.2) is 14.6 Å². The van der Waals surface area contributed by atoms with E-state index in [1.54, 1.807) is 0 Å². The summed E-state index contributed by atoms with van der Waals surface area (Å²) in [6, 6.07) is 0. The van der Waals surface area contributed by atoms with Gasteiger partial charge in [-0.1, -0.05) is 0 Å². The van der Waals surface area contributed by atoms with Gasteiger partial charge in [0, 0.05) is 13.0 Å². The Morgan fingerprint density at radius 3 is 2.73 bits per heavy atom. The van der Waals surface area contributed by atoms with Crippen molar-refractivity contribution in [3.05, 3.63) is 17.3 Å². The number of carboxylic acids is 1. The van der Waals surface area contributed by atoms with Crippen LogP contribution in [0.15, 0.2) is 4.42 Å². The van der Waals surface area contributed by atoms with Gasteiger partial charge in [0.15, 0.2) is 0 Å². The van der Waals surface area contributed by atoms with Gasteiger partial charge in [0.1, 0.15) is 11.5 Å². The molecule has 1 aromatic heterocycles. The number of hydrogen-bond acceptors (Lipinski definition) is 4. The van der Waals surface area contributed by atoms with E-state index in [4.69, 9.17) is 14.6 Å². The van der Waals surface area contributed by atoms with Gasteiger partial charge in [0.05, 0.1) is 6.54 Å². The number of aromatic nitrogens is 1. The van der Waals surface area contributed by atoms with Crippen LogP contribution >= 0.6 is 0 Å². The van der Waals surface area contributed by atoms with Crippen LogP contribution in [0.25, 0.3) is 0 Å². The van der Waals surface area contributed by atoms with Crippen molar-refractivity contribution < 1.29 is 24.2 Å². The molecule has 0 bridgehead atoms. The number of hydrogen-bond donors (Lipinski definition) is 2. The molecule has 7 nitrogen and oxygen atoms in total. The number of amides is 1. The van der Waals surface area contributed by atoms with Gasteiger partial charge < -0.3 is 19.5 Å². The molecule has 2 heterocycles. The number of oxazole rings is 1. The highest BCUT2D eigenvalue weighted by Gasteiger charge is 2.26. The van der Waals surface area contributed by atoms with Crippen LogP contribution in [-0.2, 0) is 13.0 Å². The Morgan fingerprint density at radius 1 is 1.40 bits per heavy atom. The maximum absolute atomic E-state index is 10.7. The molecule has 0 aliphatic carbocycles. The van der Waals surface area contributed by atoms with Gasteiger partial charge in [-0.15, -0.1) is 0 Å². The SMILES string of the molecule is O=C(O)c1nc2c(o1)CCN(C(=O)O)C2. The lowest BCUT2D eigenvalue weighted by Gasteiger charge is -2.21. The monoisotopic (exact) mass is 212 g/mol. The van der Waals surface area contributed by atoms with E-state index in [0.717, 1.165) is 4.90 Å². The Labute approximate surface area is 83.9 Å². The van der Waals surface area contributed by atoms with Crippen LogP contribution in [0.1, 0.15) is 22.1 Å². The summed E-state index contributed by atoms with van der Waals surface area (Å²) in [7, 11) is 0. The van der Waals surface area contributed by atoms with E-state index in [9.17, 15) is 9.59 Å². The molecule has 0 saturated heterocycles. The number of rotatable bonds is 1. The third-order valence-corrected chi connectivity index (χ3v) is 2.18. The molecule has 15 heavy (non-hydrogen) atoms. The smallest absolute Gasteiger partial charge is 0.407 e. The third-order valence-electron chi connectivity index (χ3n) is 2.18. The van der Waals surface area contributed by atoms with Gasteiger partial charge in [-0.3, -0.25) is 0 Å². The molecule has 1 amide bonds. The maximum atomic E-state index is 10.7. The van der Waals surface area contributed by atoms with Crippen molar-refractivity contribution in [1.82, 2.24) is 9.88 Å². The van der Waals surface area contributed by atoms with E-state index in [-0.39, 0.29) is 12.4 Å². The Kier molecular flexibility index (Phi) is 2.07. The summed E-state index contributed by atoms with van der Waals surface area (Å²) in [5.41, 5.74) is 0.390. The Hall–Kier alpha value is -2.05. The number of aromatic carboxylic acids is 1. The van der Waals surface area contributed by atoms with Gasteiger partial charge >= 0.3 is 18.0 Å². The molecule has 0 saturated carbocycles. The summed E-state index contributed by atoms with van der Waals surface area (Å²) in [4.78, 5) is 26.1. The Balaban J connectivity index is 2.26. The van der Waals surface area contributed by atoms with Crippen molar-refractivity contribution in [3.63, 3.8) is 0 Å². The van der Waals surface area contributed by atoms with Crippen LogP contribution in [0.2, 0.25) is 0 Å². The molecule has 2 rings (SSSR count). The normalized spacial score (nSPS) is 14.8. The first-order valence-electron chi connectivity index (χ1n) is 4.27. The minimum atomic E-state index is -1.24. The number of carbonyl (C=O) groups is 2. The lowest BCUT2D eigenvalue weighted by Crippen LogP contribution is -2.34. The van der Waals surface area contributed by atoms with E-state index in [2.05, 4.69) is 4.98 Å². The highest BCUT2D eigenvalue weighted by atomic mass is 16.4. The largest absolute Gasteiger partial charge is 0.474 e. The zero-order valence-electron chi connectivity index (χ0n) is 7.63. The fraction of sp³-hybridized carbons (Fsp3) is 0.375. The Bertz CT molecular complexity index is 425. The van der Waals surface area contributed by atoms with Crippen molar-refractivity contribution in [1.29, 1.82) is 0 Å². The van der Waals surface area contributed by atoms with Gasteiger partial charge in [0.2, 0.25) is 0 Å². The zero-order chi connectivity index (χ0) is 11.0. The summed E-state index contributed by atoms with van der Waals surface area (Å²) in [6.07, 6.45) is -0.678. The standard InChI is InChI=1S/C8H8N2O5/c11-7(12)6-9-4-3-10(8(13)14)2-1-5(4)15-6/h1-3H2,(H,11,12)(H,13,14). The highest BCUT2D eigenvalue weighted by Crippen LogP contribution is 2.19. The molecule has 1 aromatic rings. The van der Waals surface area contributed by atoms with Gasteiger partial charge in [0.25, 0.3) is 0 Å². The number of carboxylic acid groups (broad SMARTS) is 2. The van der Waals surface area contributed by atoms with Crippen molar-refractivity contribution >= 4 is 12.1 Å². The molecule has 0 aromatic carbocycles. The molecule has 0 fully saturated rings. The molecular weight excluding hydrogens is 204 g/mol. The molecule has 7 heteroatoms. The summed E-state index contributed by atoms with van der Waals surface area (Å²) in [6.45, 7) is 0.387. The zero-order valence-corrected chi connectivity index (χ0v) is 7.63. The predicted octanol–water partition coefficient (Wildman–Crippen LogP) is 0.409. The first kappa shape index (κ1) is 9.50. The van der Waals surface area contributed by atoms with Crippen molar-refractivity contribution in [2.24, 2.45) is 0 Å². The van der Waals surface area contributed by atoms with E-state index < -0.39 is 12.1 Å². The second-order valence-electron chi connectivity index (χ2n) is 3.15. The second-order valence-corrected chi connectivity index (χ2v) is 3.15. The summed E-state index contributed by atoms with van der Waals surface area (Å²) in [5, 5.41) is 17.4. The average molecular weight is 212 g/mol. The molecule has 0 atom stereocenters. The number of nitrogens with zero attached hydrogens (tertiary/aromatic N) is 2. The minimum absolute atomic E-state index is 0.0848. The molecular formula is C8H8N2O5. The summed E-state index contributed by atoms with van der Waals surface area (Å²) < 4.78 is 4.97. The molecule has 80 valence electrons. The summed E-state index contributed by atoms with van der Waals surface area (Å²) >= 11 is 0. The van der Waals surface area contributed by atoms with E-state index in [0.29, 0.717) is 24.4 Å². The fourth-order valence-corrected chi connectivity index (χ4v) is 1.45. The van der Waals surface area contributed by atoms with Crippen LogP contribution in [-0.4, -0.2) is 38.7 Å². The number of fused-ring (bicyclic) bond motifs is 1. The molecule has 0 unspecified atom stereocenters. The van der Waals surface area contributed by atoms with Crippen LogP contribution in [0.5, 0.6) is 0 Å². The van der Waals surface area contributed by atoms with Gasteiger partial charge in [-0.2, -0.15) is 0 Å². The quantitative estimate of drug-likeness (QED) is 0.698. The van der Waals surface area contributed by atoms with E-state index >= 15 is 0 Å². The molecule has 2 N–H and O–H groups in total. The summed E-state index contributed by atoms with van der Waals surface area (Å²) in [5.74, 6) is -1.16. The van der Waals surface area contributed by atoms with Crippen molar-refractivity contribution in [2.45, 2.75) is 13.0 Å². The first-order chi connectivity index (χ1) is 7.08. The van der Waals surface area contributed by atoms with Crippen molar-refractivity contribution in [2.75, 3.05) is 6.54 Å². The third kappa shape index (κ3) is 1.63. The van der Waals surface area contributed by atoms with Crippen LogP contribution in [0.3, 0.4) is 0 Å². The maximum Gasteiger partial charge on any atom is 0.407 e. The van der Waals surface area contributed by atoms with E-state index in [1.807, 2.05) is 0 Å². The molecule has 0 spiro atoms. The van der Waals surface area contributed by atoms with Crippen LogP contribution in [0, 0.1) is 0 Å². The topological polar surface area (TPSA) is 104 Å². The Morgan fingerprint density at radius 2 is 2.13 bits per heavy atom. The minimum Gasteiger partial charge on any atom is -0.474 e. The highest BCUT2D eigenvalue weighted by molar-refractivity contribution is 5.82. The molecule has 1 aliphatic rings. The fourth-order valence-electron chi connectivity index (χ4n) is 1.45. The lowest BCUT2D eigenvalue weighted by atomic mass is 10.2. The van der Waals surface area contributed by atoms with Crippen LogP contribution in [0.4, 0.5) is 4.79 Å². The lowest BCUT2D eigenvalue weighted by molar-refractivity contribution is 0.0651. The van der Waals surface area contributed by atoms with Crippen LogP contribution < -0.4 is 0 Å². The van der Waals surface area contributed by atoms with Crippen molar-refractivity contribution in [3.8, 4) is 0 Å². The van der Waals surface area contributed by atoms with Gasteiger partial charge in [-0.05, 0) is 0 Å². The molecule has 1 aliphatic heterocycles.